The minimum Gasteiger partial charge on any atom is -0.444 e. The maximum absolute atomic E-state index is 14.0. The molecule has 18 heteroatoms. The van der Waals surface area contributed by atoms with Crippen molar-refractivity contribution in [3.63, 3.8) is 0 Å². The maximum Gasteiger partial charge on any atom is 0.573 e. The van der Waals surface area contributed by atoms with Crippen molar-refractivity contribution in [2.75, 3.05) is 13.1 Å². The highest BCUT2D eigenvalue weighted by molar-refractivity contribution is 7.89. The van der Waals surface area contributed by atoms with E-state index in [0.29, 0.717) is 5.56 Å². The minimum absolute atomic E-state index is 0.00737. The molecule has 0 heterocycles. The van der Waals surface area contributed by atoms with Crippen LogP contribution in [0.25, 0.3) is 0 Å². The summed E-state index contributed by atoms with van der Waals surface area (Å²) in [6.07, 6.45) is -5.93. The van der Waals surface area contributed by atoms with Crippen LogP contribution in [0.5, 0.6) is 5.75 Å². The highest BCUT2D eigenvalue weighted by atomic mass is 32.2. The standard InChI is InChI=1S/C32H39F3N4O9S2/c1-22(2)20-38(50(45,46)27-17-13-25(14-18-27)47-32(33,34)35)21-29(37-49(43,44)26-15-11-24(12-16-26)39(41)42)28(19-23-9-7-6-8-10-23)36-30(40)48-31(3,4)5/h6-18,22,28-29,37H,19-21H2,1-5H3,(H,36,40)/t28-,29+/m0/s1. The molecule has 13 nitrogen and oxygen atoms in total. The lowest BCUT2D eigenvalue weighted by Gasteiger charge is -2.34. The number of nitrogens with one attached hydrogen (secondary N) is 2. The third kappa shape index (κ3) is 12.3. The second-order valence-corrected chi connectivity index (χ2v) is 16.3. The highest BCUT2D eigenvalue weighted by Crippen LogP contribution is 2.26. The largest absolute Gasteiger partial charge is 0.573 e. The number of benzene rings is 3. The Morgan fingerprint density at radius 1 is 0.860 bits per heavy atom. The minimum atomic E-state index is -5.01. The van der Waals surface area contributed by atoms with Gasteiger partial charge in [0, 0.05) is 25.2 Å². The van der Waals surface area contributed by atoms with Crippen LogP contribution in [0.1, 0.15) is 40.2 Å². The van der Waals surface area contributed by atoms with Gasteiger partial charge in [0.25, 0.3) is 5.69 Å². The number of rotatable bonds is 15. The molecule has 0 aliphatic carbocycles. The smallest absolute Gasteiger partial charge is 0.444 e. The Bertz CT molecular complexity index is 1820. The fourth-order valence-electron chi connectivity index (χ4n) is 4.74. The van der Waals surface area contributed by atoms with Crippen LogP contribution in [0.15, 0.2) is 88.7 Å². The molecular formula is C32H39F3N4O9S2. The Kier molecular flexibility index (Phi) is 13.0. The molecule has 274 valence electrons. The Morgan fingerprint density at radius 3 is 1.92 bits per heavy atom. The van der Waals surface area contributed by atoms with Crippen molar-refractivity contribution in [3.8, 4) is 5.75 Å². The lowest BCUT2D eigenvalue weighted by atomic mass is 9.99. The molecule has 3 aromatic carbocycles. The van der Waals surface area contributed by atoms with E-state index in [9.17, 15) is 44.9 Å². The molecule has 1 amide bonds. The SMILES string of the molecule is CC(C)CN(C[C@@H](NS(=O)(=O)c1ccc([N+](=O)[O-])cc1)[C@H](Cc1ccccc1)NC(=O)OC(C)(C)C)S(=O)(=O)c1ccc(OC(F)(F)F)cc1. The molecule has 2 atom stereocenters. The first-order valence-electron chi connectivity index (χ1n) is 15.2. The summed E-state index contributed by atoms with van der Waals surface area (Å²) in [5.74, 6) is -0.971. The zero-order valence-corrected chi connectivity index (χ0v) is 29.5. The number of nitrogens with zero attached hydrogens (tertiary/aromatic N) is 2. The van der Waals surface area contributed by atoms with E-state index >= 15 is 0 Å². The van der Waals surface area contributed by atoms with Crippen LogP contribution >= 0.6 is 0 Å². The number of alkyl halides is 3. The number of alkyl carbamates (subject to hydrolysis) is 1. The van der Waals surface area contributed by atoms with Crippen LogP contribution in [-0.2, 0) is 31.2 Å². The molecule has 3 rings (SSSR count). The quantitative estimate of drug-likeness (QED) is 0.148. The van der Waals surface area contributed by atoms with Gasteiger partial charge in [-0.3, -0.25) is 10.1 Å². The Balaban J connectivity index is 2.13. The number of carbonyl (C=O) groups is 1. The van der Waals surface area contributed by atoms with Crippen molar-refractivity contribution in [1.29, 1.82) is 0 Å². The molecule has 0 bridgehead atoms. The third-order valence-electron chi connectivity index (χ3n) is 6.81. The summed E-state index contributed by atoms with van der Waals surface area (Å²) in [4.78, 5) is 22.8. The summed E-state index contributed by atoms with van der Waals surface area (Å²) in [6.45, 7) is 7.54. The van der Waals surface area contributed by atoms with Crippen LogP contribution < -0.4 is 14.8 Å². The molecule has 0 aliphatic heterocycles. The summed E-state index contributed by atoms with van der Waals surface area (Å²) in [7, 11) is -9.03. The number of carbonyl (C=O) groups excluding carboxylic acids is 1. The average Bonchev–Trinajstić information content (AvgIpc) is 2.99. The molecule has 0 fully saturated rings. The molecule has 2 N–H and O–H groups in total. The number of hydrogen-bond donors (Lipinski definition) is 2. The van der Waals surface area contributed by atoms with Crippen LogP contribution in [-0.4, -0.2) is 69.3 Å². The summed E-state index contributed by atoms with van der Waals surface area (Å²) >= 11 is 0. The fraction of sp³-hybridized carbons (Fsp3) is 0.406. The van der Waals surface area contributed by atoms with Crippen molar-refractivity contribution >= 4 is 31.8 Å². The molecule has 3 aromatic rings. The first-order chi connectivity index (χ1) is 23.1. The van der Waals surface area contributed by atoms with Crippen molar-refractivity contribution < 1.29 is 49.2 Å². The van der Waals surface area contributed by atoms with Crippen LogP contribution in [0, 0.1) is 16.0 Å². The lowest BCUT2D eigenvalue weighted by Crippen LogP contribution is -2.58. The van der Waals surface area contributed by atoms with Crippen molar-refractivity contribution in [1.82, 2.24) is 14.3 Å². The van der Waals surface area contributed by atoms with E-state index in [0.717, 1.165) is 52.8 Å². The molecule has 0 aliphatic rings. The monoisotopic (exact) mass is 744 g/mol. The van der Waals surface area contributed by atoms with Crippen molar-refractivity contribution in [3.05, 3.63) is 94.5 Å². The number of sulfonamides is 2. The highest BCUT2D eigenvalue weighted by Gasteiger charge is 2.36. The predicted octanol–water partition coefficient (Wildman–Crippen LogP) is 5.62. The number of non-ortho nitro benzene ring substituents is 1. The fourth-order valence-corrected chi connectivity index (χ4v) is 7.64. The molecule has 0 saturated carbocycles. The molecule has 50 heavy (non-hydrogen) atoms. The van der Waals surface area contributed by atoms with Gasteiger partial charge < -0.3 is 14.8 Å². The number of nitro benzene ring substituents is 1. The van der Waals surface area contributed by atoms with E-state index < -0.39 is 72.3 Å². The van der Waals surface area contributed by atoms with E-state index in [1.807, 2.05) is 0 Å². The molecule has 0 saturated heterocycles. The molecule has 0 unspecified atom stereocenters. The second kappa shape index (κ2) is 16.2. The molecular weight excluding hydrogens is 705 g/mol. The summed E-state index contributed by atoms with van der Waals surface area (Å²) in [5.41, 5.74) is -0.675. The number of halogens is 3. The number of hydrogen-bond acceptors (Lipinski definition) is 9. The number of amides is 1. The van der Waals surface area contributed by atoms with E-state index in [-0.39, 0.29) is 29.5 Å². The van der Waals surface area contributed by atoms with E-state index in [2.05, 4.69) is 14.8 Å². The zero-order valence-electron chi connectivity index (χ0n) is 27.9. The van der Waals surface area contributed by atoms with Gasteiger partial charge in [-0.2, -0.15) is 4.31 Å². The summed E-state index contributed by atoms with van der Waals surface area (Å²) in [5, 5.41) is 13.9. The van der Waals surface area contributed by atoms with Gasteiger partial charge in [0.05, 0.1) is 26.8 Å². The average molecular weight is 745 g/mol. The Hall–Kier alpha value is -4.26. The van der Waals surface area contributed by atoms with Crippen LogP contribution in [0.4, 0.5) is 23.7 Å². The zero-order chi connectivity index (χ0) is 37.5. The molecule has 0 aromatic heterocycles. The third-order valence-corrected chi connectivity index (χ3v) is 10.2. The second-order valence-electron chi connectivity index (χ2n) is 12.7. The van der Waals surface area contributed by atoms with E-state index in [4.69, 9.17) is 4.74 Å². The Morgan fingerprint density at radius 2 is 1.42 bits per heavy atom. The van der Waals surface area contributed by atoms with Crippen LogP contribution in [0.2, 0.25) is 0 Å². The maximum atomic E-state index is 14.0. The summed E-state index contributed by atoms with van der Waals surface area (Å²) in [6, 6.07) is 13.6. The van der Waals surface area contributed by atoms with E-state index in [1.165, 1.54) is 0 Å². The van der Waals surface area contributed by atoms with Crippen molar-refractivity contribution in [2.24, 2.45) is 5.92 Å². The van der Waals surface area contributed by atoms with Gasteiger partial charge in [-0.05, 0) is 75.1 Å². The van der Waals surface area contributed by atoms with Gasteiger partial charge >= 0.3 is 12.5 Å². The van der Waals surface area contributed by atoms with Crippen molar-refractivity contribution in [2.45, 2.75) is 74.9 Å². The molecule has 0 radical (unpaired) electrons. The van der Waals surface area contributed by atoms with Gasteiger partial charge in [0.2, 0.25) is 20.0 Å². The van der Waals surface area contributed by atoms with Crippen LogP contribution in [0.3, 0.4) is 0 Å². The molecule has 0 spiro atoms. The van der Waals surface area contributed by atoms with Gasteiger partial charge in [-0.15, -0.1) is 13.2 Å². The Labute approximate surface area is 289 Å². The number of ether oxygens (including phenoxy) is 2. The van der Waals surface area contributed by atoms with Gasteiger partial charge in [0.1, 0.15) is 11.4 Å². The topological polar surface area (TPSA) is 174 Å². The van der Waals surface area contributed by atoms with Gasteiger partial charge in [-0.1, -0.05) is 44.2 Å². The first kappa shape index (κ1) is 40.2. The lowest BCUT2D eigenvalue weighted by molar-refractivity contribution is -0.384. The number of nitro groups is 1. The van der Waals surface area contributed by atoms with E-state index in [1.54, 1.807) is 65.0 Å². The predicted molar refractivity (Wildman–Crippen MR) is 177 cm³/mol. The normalized spacial score (nSPS) is 13.9. The summed E-state index contributed by atoms with van der Waals surface area (Å²) < 4.78 is 107. The first-order valence-corrected chi connectivity index (χ1v) is 18.1. The van der Waals surface area contributed by atoms with Gasteiger partial charge in [0.15, 0.2) is 0 Å². The van der Waals surface area contributed by atoms with Gasteiger partial charge in [-0.25, -0.2) is 26.4 Å².